The lowest BCUT2D eigenvalue weighted by atomic mass is 10.0. The van der Waals surface area contributed by atoms with Crippen LogP contribution in [0.5, 0.6) is 0 Å². The fourth-order valence-corrected chi connectivity index (χ4v) is 5.39. The zero-order chi connectivity index (χ0) is 21.0. The molecule has 0 fully saturated rings. The van der Waals surface area contributed by atoms with E-state index in [4.69, 9.17) is 4.74 Å². The Bertz CT molecular complexity index is 1110. The third-order valence-electron chi connectivity index (χ3n) is 5.24. The molecule has 1 aliphatic rings. The van der Waals surface area contributed by atoms with Gasteiger partial charge in [-0.3, -0.25) is 4.31 Å². The zero-order valence-electron chi connectivity index (χ0n) is 16.9. The maximum Gasteiger partial charge on any atom is 0.264 e. The van der Waals surface area contributed by atoms with E-state index in [1.54, 1.807) is 22.7 Å². The average Bonchev–Trinajstić information content (AvgIpc) is 2.75. The number of benzene rings is 3. The Kier molecular flexibility index (Phi) is 5.91. The van der Waals surface area contributed by atoms with Crippen molar-refractivity contribution in [3.05, 3.63) is 114 Å². The molecule has 4 nitrogen and oxygen atoms in total. The van der Waals surface area contributed by atoms with Crippen LogP contribution in [-0.4, -0.2) is 25.4 Å². The molecule has 30 heavy (non-hydrogen) atoms. The van der Waals surface area contributed by atoms with Crippen molar-refractivity contribution < 1.29 is 13.2 Å². The lowest BCUT2D eigenvalue weighted by molar-refractivity contribution is 0.141. The van der Waals surface area contributed by atoms with Crippen LogP contribution in [0.2, 0.25) is 0 Å². The zero-order valence-corrected chi connectivity index (χ0v) is 17.8. The second kappa shape index (κ2) is 8.76. The van der Waals surface area contributed by atoms with Crippen LogP contribution in [-0.2, 0) is 27.6 Å². The summed E-state index contributed by atoms with van der Waals surface area (Å²) in [6, 6.07) is 26.5. The molecule has 3 aromatic carbocycles. The number of sulfonamides is 1. The Balaban J connectivity index is 1.73. The van der Waals surface area contributed by atoms with Gasteiger partial charge in [0.1, 0.15) is 12.9 Å². The molecule has 5 heteroatoms. The van der Waals surface area contributed by atoms with E-state index in [1.165, 1.54) is 0 Å². The van der Waals surface area contributed by atoms with Crippen molar-refractivity contribution in [1.82, 2.24) is 4.31 Å². The summed E-state index contributed by atoms with van der Waals surface area (Å²) in [6.07, 6.45) is 2.66. The van der Waals surface area contributed by atoms with Crippen molar-refractivity contribution >= 4 is 10.0 Å². The molecule has 0 aliphatic carbocycles. The third-order valence-corrected chi connectivity index (χ3v) is 7.16. The number of hydrogen-bond acceptors (Lipinski definition) is 3. The molecule has 1 atom stereocenters. The Morgan fingerprint density at radius 3 is 2.10 bits per heavy atom. The number of allylic oxidation sites excluding steroid dienone is 1. The monoisotopic (exact) mass is 419 g/mol. The molecule has 1 heterocycles. The minimum atomic E-state index is -3.73. The van der Waals surface area contributed by atoms with Crippen molar-refractivity contribution in [3.63, 3.8) is 0 Å². The molecular formula is C25H25NO3S. The number of nitrogens with zero attached hydrogens (tertiary/aromatic N) is 1. The van der Waals surface area contributed by atoms with Crippen molar-refractivity contribution in [3.8, 4) is 0 Å². The van der Waals surface area contributed by atoms with E-state index in [0.717, 1.165) is 16.7 Å². The van der Waals surface area contributed by atoms with Gasteiger partial charge in [0.05, 0.1) is 16.6 Å². The lowest BCUT2D eigenvalue weighted by Crippen LogP contribution is -2.46. The van der Waals surface area contributed by atoms with E-state index >= 15 is 0 Å². The summed E-state index contributed by atoms with van der Waals surface area (Å²) >= 11 is 0. The van der Waals surface area contributed by atoms with Gasteiger partial charge in [0.15, 0.2) is 0 Å². The largest absolute Gasteiger partial charge is 0.497 e. The summed E-state index contributed by atoms with van der Waals surface area (Å²) in [5, 5.41) is 0. The van der Waals surface area contributed by atoms with E-state index in [2.05, 4.69) is 0 Å². The molecule has 1 aliphatic heterocycles. The van der Waals surface area contributed by atoms with Crippen LogP contribution in [0, 0.1) is 6.92 Å². The Hall–Kier alpha value is -3.05. The minimum Gasteiger partial charge on any atom is -0.497 e. The van der Waals surface area contributed by atoms with Crippen molar-refractivity contribution in [2.75, 3.05) is 6.61 Å². The van der Waals surface area contributed by atoms with E-state index in [9.17, 15) is 8.42 Å². The first-order chi connectivity index (χ1) is 14.5. The molecular weight excluding hydrogens is 394 g/mol. The summed E-state index contributed by atoms with van der Waals surface area (Å²) in [7, 11) is -3.73. The van der Waals surface area contributed by atoms with Crippen molar-refractivity contribution in [1.29, 1.82) is 0 Å². The molecule has 3 aromatic rings. The van der Waals surface area contributed by atoms with E-state index in [0.29, 0.717) is 30.0 Å². The molecule has 0 spiro atoms. The van der Waals surface area contributed by atoms with Gasteiger partial charge < -0.3 is 4.74 Å². The molecule has 0 aromatic heterocycles. The first-order valence-electron chi connectivity index (χ1n) is 10.0. The summed E-state index contributed by atoms with van der Waals surface area (Å²) in [4.78, 5) is 0.298. The quantitative estimate of drug-likeness (QED) is 0.581. The predicted octanol–water partition coefficient (Wildman–Crippen LogP) is 4.71. The van der Waals surface area contributed by atoms with Crippen LogP contribution < -0.4 is 0 Å². The molecule has 4 rings (SSSR count). The highest BCUT2D eigenvalue weighted by Gasteiger charge is 2.36. The second-order valence-electron chi connectivity index (χ2n) is 7.56. The molecule has 0 saturated heterocycles. The van der Waals surface area contributed by atoms with Crippen LogP contribution in [0.3, 0.4) is 0 Å². The summed E-state index contributed by atoms with van der Waals surface area (Å²) in [5.41, 5.74) is 3.79. The molecule has 154 valence electrons. The first-order valence-corrected chi connectivity index (χ1v) is 11.5. The van der Waals surface area contributed by atoms with Gasteiger partial charge in [-0.1, -0.05) is 78.4 Å². The maximum atomic E-state index is 13.7. The number of rotatable bonds is 6. The smallest absolute Gasteiger partial charge is 0.264 e. The van der Waals surface area contributed by atoms with Gasteiger partial charge in [-0.25, -0.2) is 8.42 Å². The number of aryl methyl sites for hydroxylation is 1. The van der Waals surface area contributed by atoms with E-state index in [-0.39, 0.29) is 6.04 Å². The summed E-state index contributed by atoms with van der Waals surface area (Å²) < 4.78 is 34.8. The molecule has 0 amide bonds. The van der Waals surface area contributed by atoms with Crippen LogP contribution in [0.25, 0.3) is 0 Å². The maximum absolute atomic E-state index is 13.7. The van der Waals surface area contributed by atoms with Crippen LogP contribution in [0.1, 0.15) is 16.7 Å². The normalized spacial score (nSPS) is 16.6. The van der Waals surface area contributed by atoms with Crippen LogP contribution >= 0.6 is 0 Å². The third kappa shape index (κ3) is 4.41. The van der Waals surface area contributed by atoms with Gasteiger partial charge in [0.25, 0.3) is 10.0 Å². The Morgan fingerprint density at radius 1 is 0.867 bits per heavy atom. The van der Waals surface area contributed by atoms with Gasteiger partial charge in [-0.2, -0.15) is 0 Å². The van der Waals surface area contributed by atoms with Gasteiger partial charge >= 0.3 is 0 Å². The van der Waals surface area contributed by atoms with Gasteiger partial charge in [-0.15, -0.1) is 0 Å². The van der Waals surface area contributed by atoms with Gasteiger partial charge in [-0.05, 0) is 36.6 Å². The van der Waals surface area contributed by atoms with Crippen molar-refractivity contribution in [2.45, 2.75) is 30.7 Å². The predicted molar refractivity (Wildman–Crippen MR) is 118 cm³/mol. The Labute approximate surface area is 178 Å². The molecule has 0 bridgehead atoms. The first kappa shape index (κ1) is 20.2. The van der Waals surface area contributed by atoms with Gasteiger partial charge in [0, 0.05) is 6.42 Å². The van der Waals surface area contributed by atoms with E-state index in [1.807, 2.05) is 79.7 Å². The number of ether oxygens (including phenoxy) is 1. The van der Waals surface area contributed by atoms with Crippen LogP contribution in [0.4, 0.5) is 0 Å². The van der Waals surface area contributed by atoms with Gasteiger partial charge in [0.2, 0.25) is 0 Å². The molecule has 0 unspecified atom stereocenters. The highest BCUT2D eigenvalue weighted by molar-refractivity contribution is 7.89. The topological polar surface area (TPSA) is 46.6 Å². The SMILES string of the molecule is Cc1ccc(S(=O)(=O)N2C(Cc3ccccc3)=COC[C@@H]2Cc2ccccc2)cc1. The summed E-state index contributed by atoms with van der Waals surface area (Å²) in [5.74, 6) is 0. The minimum absolute atomic E-state index is 0.298. The fourth-order valence-electron chi connectivity index (χ4n) is 3.74. The fraction of sp³-hybridized carbons (Fsp3) is 0.200. The average molecular weight is 420 g/mol. The van der Waals surface area contributed by atoms with Crippen molar-refractivity contribution in [2.24, 2.45) is 0 Å². The standard InChI is InChI=1S/C25H25NO3S/c1-20-12-14-25(15-13-20)30(27,28)26-23(16-21-8-4-2-5-9-21)18-29-19-24(26)17-22-10-6-3-7-11-22/h2-15,18,24H,16-17,19H2,1H3/t24-/m0/s1. The molecule has 0 radical (unpaired) electrons. The highest BCUT2D eigenvalue weighted by Crippen LogP contribution is 2.30. The van der Waals surface area contributed by atoms with E-state index < -0.39 is 10.0 Å². The molecule has 0 N–H and O–H groups in total. The second-order valence-corrected chi connectivity index (χ2v) is 9.38. The lowest BCUT2D eigenvalue weighted by Gasteiger charge is -2.37. The summed E-state index contributed by atoms with van der Waals surface area (Å²) in [6.45, 7) is 2.27. The molecule has 0 saturated carbocycles. The highest BCUT2D eigenvalue weighted by atomic mass is 32.2. The number of hydrogen-bond donors (Lipinski definition) is 0. The van der Waals surface area contributed by atoms with Crippen LogP contribution in [0.15, 0.2) is 102 Å². The Morgan fingerprint density at radius 2 is 1.47 bits per heavy atom.